The van der Waals surface area contributed by atoms with Crippen LogP contribution in [0.15, 0.2) is 23.1 Å². The van der Waals surface area contributed by atoms with Gasteiger partial charge in [0, 0.05) is 25.9 Å². The molecule has 0 spiro atoms. The van der Waals surface area contributed by atoms with Gasteiger partial charge in [-0.3, -0.25) is 0 Å². The third kappa shape index (κ3) is 4.77. The maximum Gasteiger partial charge on any atom is 0.240 e. The number of benzene rings is 1. The van der Waals surface area contributed by atoms with E-state index in [0.717, 1.165) is 6.42 Å². The lowest BCUT2D eigenvalue weighted by molar-refractivity contribution is 0.153. The molecule has 0 saturated heterocycles. The number of nitrogens with one attached hydrogen (secondary N) is 1. The number of hydrogen-bond donors (Lipinski definition) is 2. The van der Waals surface area contributed by atoms with E-state index in [-0.39, 0.29) is 10.3 Å². The molecule has 0 bridgehead atoms. The van der Waals surface area contributed by atoms with Gasteiger partial charge in [-0.25, -0.2) is 13.1 Å². The molecule has 5 nitrogen and oxygen atoms in total. The molecule has 114 valence electrons. The number of nitrogens with two attached hydrogens (primary N) is 1. The summed E-state index contributed by atoms with van der Waals surface area (Å²) in [6.45, 7) is 6.72. The van der Waals surface area contributed by atoms with Crippen LogP contribution in [0.1, 0.15) is 25.8 Å². The van der Waals surface area contributed by atoms with Crippen LogP contribution >= 0.6 is 0 Å². The molecule has 0 aliphatic rings. The molecule has 0 saturated carbocycles. The van der Waals surface area contributed by atoms with Crippen molar-refractivity contribution in [3.05, 3.63) is 23.8 Å². The Kier molecular flexibility index (Phi) is 5.56. The molecule has 0 heterocycles. The molecular formula is C14H24N2O3S. The molecule has 20 heavy (non-hydrogen) atoms. The molecule has 0 atom stereocenters. The molecule has 0 aromatic heterocycles. The quantitative estimate of drug-likeness (QED) is 0.754. The highest BCUT2D eigenvalue weighted by Gasteiger charge is 2.23. The summed E-state index contributed by atoms with van der Waals surface area (Å²) < 4.78 is 32.3. The average Bonchev–Trinajstić information content (AvgIpc) is 2.34. The minimum Gasteiger partial charge on any atom is -0.399 e. The lowest BCUT2D eigenvalue weighted by Gasteiger charge is -2.24. The Bertz CT molecular complexity index is 554. The van der Waals surface area contributed by atoms with Crippen molar-refractivity contribution in [2.75, 3.05) is 26.0 Å². The number of ether oxygens (including phenoxy) is 1. The third-order valence-corrected chi connectivity index (χ3v) is 4.77. The van der Waals surface area contributed by atoms with E-state index in [1.807, 2.05) is 13.8 Å². The van der Waals surface area contributed by atoms with Crippen molar-refractivity contribution in [3.8, 4) is 0 Å². The van der Waals surface area contributed by atoms with E-state index in [1.54, 1.807) is 26.2 Å². The molecule has 0 unspecified atom stereocenters. The Morgan fingerprint density at radius 3 is 2.55 bits per heavy atom. The fourth-order valence-electron chi connectivity index (χ4n) is 1.81. The molecule has 0 amide bonds. The van der Waals surface area contributed by atoms with Gasteiger partial charge in [0.2, 0.25) is 10.0 Å². The van der Waals surface area contributed by atoms with E-state index in [9.17, 15) is 8.42 Å². The highest BCUT2D eigenvalue weighted by molar-refractivity contribution is 7.89. The molecule has 0 aliphatic carbocycles. The number of nitrogen functional groups attached to an aromatic ring is 1. The van der Waals surface area contributed by atoms with Gasteiger partial charge >= 0.3 is 0 Å². The zero-order chi connectivity index (χ0) is 15.4. The van der Waals surface area contributed by atoms with Crippen molar-refractivity contribution in [3.63, 3.8) is 0 Å². The number of sulfonamides is 1. The Labute approximate surface area is 121 Å². The van der Waals surface area contributed by atoms with Gasteiger partial charge in [0.15, 0.2) is 0 Å². The number of hydrogen-bond acceptors (Lipinski definition) is 4. The summed E-state index contributed by atoms with van der Waals surface area (Å²) in [5.41, 5.74) is 6.68. The van der Waals surface area contributed by atoms with Crippen LogP contribution in [0.25, 0.3) is 0 Å². The first-order valence-corrected chi connectivity index (χ1v) is 8.01. The molecule has 1 aromatic rings. The lowest BCUT2D eigenvalue weighted by Crippen LogP contribution is -2.35. The van der Waals surface area contributed by atoms with Gasteiger partial charge in [0.05, 0.1) is 4.90 Å². The predicted octanol–water partition coefficient (Wildman–Crippen LogP) is 1.92. The summed E-state index contributed by atoms with van der Waals surface area (Å²) in [4.78, 5) is 0.272. The van der Waals surface area contributed by atoms with E-state index >= 15 is 0 Å². The van der Waals surface area contributed by atoms with Gasteiger partial charge in [-0.05, 0) is 42.5 Å². The summed E-state index contributed by atoms with van der Waals surface area (Å²) in [6, 6.07) is 4.79. The van der Waals surface area contributed by atoms with Crippen molar-refractivity contribution in [1.29, 1.82) is 0 Å². The minimum atomic E-state index is -3.51. The van der Waals surface area contributed by atoms with Crippen molar-refractivity contribution in [2.24, 2.45) is 5.41 Å². The highest BCUT2D eigenvalue weighted by atomic mass is 32.2. The standard InChI is InChI=1S/C14H24N2O3S/c1-11-9-12(15)5-6-13(11)20(17,18)16-10-14(2,3)7-8-19-4/h5-6,9,16H,7-8,10,15H2,1-4H3. The summed E-state index contributed by atoms with van der Waals surface area (Å²) >= 11 is 0. The topological polar surface area (TPSA) is 81.4 Å². The van der Waals surface area contributed by atoms with E-state index < -0.39 is 10.0 Å². The summed E-state index contributed by atoms with van der Waals surface area (Å²) in [5.74, 6) is 0. The van der Waals surface area contributed by atoms with Crippen LogP contribution in [0.5, 0.6) is 0 Å². The van der Waals surface area contributed by atoms with Gasteiger partial charge < -0.3 is 10.5 Å². The van der Waals surface area contributed by atoms with Crippen LogP contribution in [-0.4, -0.2) is 28.7 Å². The van der Waals surface area contributed by atoms with Crippen molar-refractivity contribution >= 4 is 15.7 Å². The second-order valence-corrected chi connectivity index (χ2v) is 7.49. The van der Waals surface area contributed by atoms with Crippen LogP contribution in [-0.2, 0) is 14.8 Å². The fourth-order valence-corrected chi connectivity index (χ4v) is 3.28. The number of aryl methyl sites for hydroxylation is 1. The van der Waals surface area contributed by atoms with E-state index in [4.69, 9.17) is 10.5 Å². The van der Waals surface area contributed by atoms with E-state index in [2.05, 4.69) is 4.72 Å². The summed E-state index contributed by atoms with van der Waals surface area (Å²) in [5, 5.41) is 0. The smallest absolute Gasteiger partial charge is 0.240 e. The number of rotatable bonds is 7. The second kappa shape index (κ2) is 6.56. The van der Waals surface area contributed by atoms with Crippen LogP contribution in [0, 0.1) is 12.3 Å². The summed E-state index contributed by atoms with van der Waals surface area (Å²) in [7, 11) is -1.88. The molecule has 0 aliphatic heterocycles. The van der Waals surface area contributed by atoms with Crippen molar-refractivity contribution in [2.45, 2.75) is 32.1 Å². The number of methoxy groups -OCH3 is 1. The van der Waals surface area contributed by atoms with E-state index in [0.29, 0.717) is 24.4 Å². The molecule has 6 heteroatoms. The molecular weight excluding hydrogens is 276 g/mol. The summed E-state index contributed by atoms with van der Waals surface area (Å²) in [6.07, 6.45) is 0.784. The average molecular weight is 300 g/mol. The normalized spacial score (nSPS) is 12.6. The maximum atomic E-state index is 12.3. The fraction of sp³-hybridized carbons (Fsp3) is 0.571. The molecule has 0 radical (unpaired) electrons. The lowest BCUT2D eigenvalue weighted by atomic mass is 9.90. The monoisotopic (exact) mass is 300 g/mol. The van der Waals surface area contributed by atoms with E-state index in [1.165, 1.54) is 6.07 Å². The molecule has 1 rings (SSSR count). The van der Waals surface area contributed by atoms with Crippen molar-refractivity contribution in [1.82, 2.24) is 4.72 Å². The van der Waals surface area contributed by atoms with Gasteiger partial charge in [-0.2, -0.15) is 0 Å². The predicted molar refractivity (Wildman–Crippen MR) is 81.1 cm³/mol. The third-order valence-electron chi connectivity index (χ3n) is 3.21. The first-order valence-electron chi connectivity index (χ1n) is 6.53. The SMILES string of the molecule is COCCC(C)(C)CNS(=O)(=O)c1ccc(N)cc1C. The first-order chi connectivity index (χ1) is 9.18. The number of anilines is 1. The largest absolute Gasteiger partial charge is 0.399 e. The van der Waals surface area contributed by atoms with Crippen molar-refractivity contribution < 1.29 is 13.2 Å². The molecule has 1 aromatic carbocycles. The Hall–Kier alpha value is -1.11. The van der Waals surface area contributed by atoms with Gasteiger partial charge in [0.1, 0.15) is 0 Å². The Balaban J connectivity index is 2.80. The maximum absolute atomic E-state index is 12.3. The zero-order valence-electron chi connectivity index (χ0n) is 12.6. The Morgan fingerprint density at radius 1 is 1.35 bits per heavy atom. The van der Waals surface area contributed by atoms with Gasteiger partial charge in [-0.15, -0.1) is 0 Å². The first kappa shape index (κ1) is 16.9. The highest BCUT2D eigenvalue weighted by Crippen LogP contribution is 2.22. The molecule has 0 fully saturated rings. The minimum absolute atomic E-state index is 0.162. The Morgan fingerprint density at radius 2 is 2.00 bits per heavy atom. The van der Waals surface area contributed by atoms with Crippen LogP contribution < -0.4 is 10.5 Å². The molecule has 3 N–H and O–H groups in total. The second-order valence-electron chi connectivity index (χ2n) is 5.76. The van der Waals surface area contributed by atoms with Crippen LogP contribution in [0.2, 0.25) is 0 Å². The van der Waals surface area contributed by atoms with Gasteiger partial charge in [0.25, 0.3) is 0 Å². The zero-order valence-corrected chi connectivity index (χ0v) is 13.4. The van der Waals surface area contributed by atoms with Crippen LogP contribution in [0.3, 0.4) is 0 Å². The van der Waals surface area contributed by atoms with Gasteiger partial charge in [-0.1, -0.05) is 13.8 Å². The van der Waals surface area contributed by atoms with Crippen LogP contribution in [0.4, 0.5) is 5.69 Å².